The van der Waals surface area contributed by atoms with Gasteiger partial charge >= 0.3 is 0 Å². The largest absolute Gasteiger partial charge is 0.506 e. The number of amides is 1. The van der Waals surface area contributed by atoms with Crippen molar-refractivity contribution in [3.8, 4) is 11.5 Å². The summed E-state index contributed by atoms with van der Waals surface area (Å²) >= 11 is 0. The van der Waals surface area contributed by atoms with Gasteiger partial charge in [0.05, 0.1) is 18.3 Å². The number of nitrogens with one attached hydrogen (secondary N) is 1. The van der Waals surface area contributed by atoms with Crippen molar-refractivity contribution < 1.29 is 14.6 Å². The Morgan fingerprint density at radius 3 is 2.68 bits per heavy atom. The lowest BCUT2D eigenvalue weighted by Gasteiger charge is -2.13. The summed E-state index contributed by atoms with van der Waals surface area (Å²) < 4.78 is 6.67. The molecule has 3 aromatic rings. The van der Waals surface area contributed by atoms with Crippen LogP contribution in [0.3, 0.4) is 0 Å². The second-order valence-electron chi connectivity index (χ2n) is 6.16. The number of aromatic nitrogens is 1. The van der Waals surface area contributed by atoms with E-state index in [0.29, 0.717) is 28.8 Å². The minimum atomic E-state index is -0.450. The summed E-state index contributed by atoms with van der Waals surface area (Å²) in [6.45, 7) is 3.86. The Bertz CT molecular complexity index is 1130. The number of para-hydroxylation sites is 1. The van der Waals surface area contributed by atoms with E-state index in [1.54, 1.807) is 54.0 Å². The standard InChI is InChI=1S/C21H21N3O4/c1-4-24-17-11-6-5-10-16(17)19(25)18(21(24)27)13(2)22-23-20(26)14-8-7-9-15(12-14)28-3/h5-12,25H,4H2,1-3H3,(H,23,26)/b22-13+. The summed E-state index contributed by atoms with van der Waals surface area (Å²) in [4.78, 5) is 25.2. The van der Waals surface area contributed by atoms with E-state index in [2.05, 4.69) is 10.5 Å². The minimum absolute atomic E-state index is 0.0616. The van der Waals surface area contributed by atoms with Gasteiger partial charge in [0, 0.05) is 17.5 Å². The maximum Gasteiger partial charge on any atom is 0.271 e. The van der Waals surface area contributed by atoms with Gasteiger partial charge in [-0.2, -0.15) is 5.10 Å². The maximum atomic E-state index is 12.9. The van der Waals surface area contributed by atoms with Gasteiger partial charge in [0.15, 0.2) is 0 Å². The van der Waals surface area contributed by atoms with E-state index in [1.165, 1.54) is 7.11 Å². The van der Waals surface area contributed by atoms with Crippen molar-refractivity contribution in [2.75, 3.05) is 7.11 Å². The number of methoxy groups -OCH3 is 1. The second kappa shape index (κ2) is 7.96. The monoisotopic (exact) mass is 379 g/mol. The predicted molar refractivity (Wildman–Crippen MR) is 108 cm³/mol. The first-order valence-electron chi connectivity index (χ1n) is 8.81. The average Bonchev–Trinajstić information content (AvgIpc) is 2.72. The topological polar surface area (TPSA) is 92.9 Å². The van der Waals surface area contributed by atoms with E-state index in [4.69, 9.17) is 4.74 Å². The van der Waals surface area contributed by atoms with Crippen molar-refractivity contribution in [1.82, 2.24) is 9.99 Å². The van der Waals surface area contributed by atoms with Gasteiger partial charge in [-0.3, -0.25) is 9.59 Å². The summed E-state index contributed by atoms with van der Waals surface area (Å²) in [7, 11) is 1.51. The normalized spacial score (nSPS) is 11.5. The summed E-state index contributed by atoms with van der Waals surface area (Å²) in [5, 5.41) is 15.2. The molecule has 0 spiro atoms. The molecule has 1 heterocycles. The fourth-order valence-electron chi connectivity index (χ4n) is 3.05. The molecule has 0 radical (unpaired) electrons. The summed E-state index contributed by atoms with van der Waals surface area (Å²) in [6.07, 6.45) is 0. The quantitative estimate of drug-likeness (QED) is 0.527. The Kier molecular flexibility index (Phi) is 5.44. The van der Waals surface area contributed by atoms with Gasteiger partial charge in [-0.05, 0) is 44.2 Å². The third-order valence-corrected chi connectivity index (χ3v) is 4.48. The van der Waals surface area contributed by atoms with Crippen LogP contribution in [0.25, 0.3) is 10.9 Å². The third kappa shape index (κ3) is 3.46. The zero-order valence-corrected chi connectivity index (χ0v) is 15.9. The molecule has 0 aliphatic heterocycles. The molecule has 2 N–H and O–H groups in total. The number of pyridine rings is 1. The first kappa shape index (κ1) is 19.2. The number of hydrogen-bond acceptors (Lipinski definition) is 5. The van der Waals surface area contributed by atoms with Gasteiger partial charge in [-0.25, -0.2) is 5.43 Å². The molecule has 3 rings (SSSR count). The van der Waals surface area contributed by atoms with Crippen LogP contribution < -0.4 is 15.7 Å². The van der Waals surface area contributed by atoms with Crippen molar-refractivity contribution in [1.29, 1.82) is 0 Å². The summed E-state index contributed by atoms with van der Waals surface area (Å²) in [5.41, 5.74) is 3.34. The first-order valence-corrected chi connectivity index (χ1v) is 8.81. The molecule has 0 saturated carbocycles. The number of rotatable bonds is 5. The van der Waals surface area contributed by atoms with Crippen LogP contribution in [0.5, 0.6) is 11.5 Å². The van der Waals surface area contributed by atoms with E-state index >= 15 is 0 Å². The van der Waals surface area contributed by atoms with Gasteiger partial charge in [0.1, 0.15) is 17.1 Å². The number of carbonyl (C=O) groups is 1. The molecule has 7 nitrogen and oxygen atoms in total. The molecule has 0 unspecified atom stereocenters. The number of aromatic hydroxyl groups is 1. The molecule has 2 aromatic carbocycles. The van der Waals surface area contributed by atoms with Crippen molar-refractivity contribution in [3.63, 3.8) is 0 Å². The Balaban J connectivity index is 2.00. The van der Waals surface area contributed by atoms with E-state index in [0.717, 1.165) is 0 Å². The molecular weight excluding hydrogens is 358 g/mol. The Labute approximate surface area is 161 Å². The first-order chi connectivity index (χ1) is 13.5. The molecule has 0 bridgehead atoms. The Hall–Kier alpha value is -3.61. The van der Waals surface area contributed by atoms with Crippen LogP contribution in [0.4, 0.5) is 0 Å². The van der Waals surface area contributed by atoms with Crippen LogP contribution in [0.1, 0.15) is 29.8 Å². The third-order valence-electron chi connectivity index (χ3n) is 4.48. The van der Waals surface area contributed by atoms with E-state index < -0.39 is 5.91 Å². The number of hydrogen-bond donors (Lipinski definition) is 2. The van der Waals surface area contributed by atoms with Crippen molar-refractivity contribution in [2.24, 2.45) is 5.10 Å². The van der Waals surface area contributed by atoms with Crippen LogP contribution in [0.15, 0.2) is 58.4 Å². The number of carbonyl (C=O) groups excluding carboxylic acids is 1. The van der Waals surface area contributed by atoms with E-state index in [9.17, 15) is 14.7 Å². The highest BCUT2D eigenvalue weighted by Gasteiger charge is 2.18. The van der Waals surface area contributed by atoms with Crippen LogP contribution in [0, 0.1) is 0 Å². The van der Waals surface area contributed by atoms with Crippen molar-refractivity contribution >= 4 is 22.5 Å². The summed E-state index contributed by atoms with van der Waals surface area (Å²) in [5.74, 6) is -0.0529. The number of ether oxygens (including phenoxy) is 1. The molecule has 7 heteroatoms. The van der Waals surface area contributed by atoms with Gasteiger partial charge < -0.3 is 14.4 Å². The molecule has 144 valence electrons. The van der Waals surface area contributed by atoms with Gasteiger partial charge in [0.2, 0.25) is 0 Å². The van der Waals surface area contributed by atoms with Crippen molar-refractivity contribution in [3.05, 3.63) is 70.0 Å². The fraction of sp³-hybridized carbons (Fsp3) is 0.190. The van der Waals surface area contributed by atoms with Crippen LogP contribution in [-0.2, 0) is 6.54 Å². The highest BCUT2D eigenvalue weighted by Crippen LogP contribution is 2.26. The number of aryl methyl sites for hydroxylation is 1. The molecule has 0 fully saturated rings. The number of nitrogens with zero attached hydrogens (tertiary/aromatic N) is 2. The molecule has 0 aliphatic carbocycles. The number of benzene rings is 2. The molecule has 1 amide bonds. The molecule has 0 saturated heterocycles. The zero-order chi connectivity index (χ0) is 20.3. The maximum absolute atomic E-state index is 12.9. The van der Waals surface area contributed by atoms with Crippen LogP contribution in [-0.4, -0.2) is 28.4 Å². The predicted octanol–water partition coefficient (Wildman–Crippen LogP) is 2.89. The van der Waals surface area contributed by atoms with Gasteiger partial charge in [-0.1, -0.05) is 18.2 Å². The fourth-order valence-corrected chi connectivity index (χ4v) is 3.05. The Morgan fingerprint density at radius 2 is 1.96 bits per heavy atom. The highest BCUT2D eigenvalue weighted by atomic mass is 16.5. The lowest BCUT2D eigenvalue weighted by Crippen LogP contribution is -2.27. The number of fused-ring (bicyclic) bond motifs is 1. The molecule has 1 aromatic heterocycles. The zero-order valence-electron chi connectivity index (χ0n) is 15.9. The molecule has 0 aliphatic rings. The molecule has 0 atom stereocenters. The van der Waals surface area contributed by atoms with Gasteiger partial charge in [0.25, 0.3) is 11.5 Å². The molecule has 28 heavy (non-hydrogen) atoms. The second-order valence-corrected chi connectivity index (χ2v) is 6.16. The van der Waals surface area contributed by atoms with E-state index in [1.807, 2.05) is 13.0 Å². The minimum Gasteiger partial charge on any atom is -0.506 e. The average molecular weight is 379 g/mol. The Morgan fingerprint density at radius 1 is 1.21 bits per heavy atom. The number of hydrazone groups is 1. The van der Waals surface area contributed by atoms with E-state index in [-0.39, 0.29) is 22.6 Å². The van der Waals surface area contributed by atoms with Crippen LogP contribution >= 0.6 is 0 Å². The highest BCUT2D eigenvalue weighted by molar-refractivity contribution is 6.06. The van der Waals surface area contributed by atoms with Gasteiger partial charge in [-0.15, -0.1) is 0 Å². The lowest BCUT2D eigenvalue weighted by atomic mass is 10.1. The smallest absolute Gasteiger partial charge is 0.271 e. The SMILES string of the molecule is CCn1c(=O)c(/C(C)=N/NC(=O)c2cccc(OC)c2)c(O)c2ccccc21. The summed E-state index contributed by atoms with van der Waals surface area (Å²) in [6, 6.07) is 13.7. The van der Waals surface area contributed by atoms with Crippen molar-refractivity contribution in [2.45, 2.75) is 20.4 Å². The van der Waals surface area contributed by atoms with Crippen LogP contribution in [0.2, 0.25) is 0 Å². The lowest BCUT2D eigenvalue weighted by molar-refractivity contribution is 0.0954. The molecular formula is C21H21N3O4.